The number of furan rings is 1. The van der Waals surface area contributed by atoms with Gasteiger partial charge in [0, 0.05) is 37.7 Å². The average molecular weight is 511 g/mol. The van der Waals surface area contributed by atoms with Crippen LogP contribution in [0.5, 0.6) is 0 Å². The van der Waals surface area contributed by atoms with Crippen molar-refractivity contribution < 1.29 is 23.5 Å². The number of rotatable bonds is 8. The van der Waals surface area contributed by atoms with Gasteiger partial charge in [-0.25, -0.2) is 4.79 Å². The van der Waals surface area contributed by atoms with E-state index in [1.165, 1.54) is 7.11 Å². The van der Waals surface area contributed by atoms with Gasteiger partial charge < -0.3 is 18.8 Å². The lowest BCUT2D eigenvalue weighted by atomic mass is 10.1. The number of halogens is 1. The predicted molar refractivity (Wildman–Crippen MR) is 137 cm³/mol. The van der Waals surface area contributed by atoms with E-state index in [1.54, 1.807) is 12.1 Å². The topological polar surface area (TPSA) is 72.2 Å². The first-order valence-electron chi connectivity index (χ1n) is 12.0. The summed E-state index contributed by atoms with van der Waals surface area (Å²) in [6.45, 7) is 7.56. The molecule has 8 heteroatoms. The van der Waals surface area contributed by atoms with E-state index in [1.807, 2.05) is 61.2 Å². The second-order valence-electron chi connectivity index (χ2n) is 8.96. The van der Waals surface area contributed by atoms with Crippen molar-refractivity contribution in [3.8, 4) is 0 Å². The van der Waals surface area contributed by atoms with E-state index in [9.17, 15) is 9.59 Å². The molecule has 0 saturated carbocycles. The van der Waals surface area contributed by atoms with E-state index in [2.05, 4.69) is 4.90 Å². The standard InChI is InChI=1S/C28H31ClN2O5/c1-19-16-25(20(2)36-19)27(32)31-14-12-30(13-15-31)17-26(22-8-10-24(29)11-9-22)35-18-21-4-6-23(7-5-21)28(33)34-3/h4-11,16,26H,12-15,17-18H2,1-3H3. The molecular weight excluding hydrogens is 480 g/mol. The van der Waals surface area contributed by atoms with Crippen LogP contribution in [0.2, 0.25) is 5.02 Å². The maximum absolute atomic E-state index is 12.9. The van der Waals surface area contributed by atoms with Crippen molar-refractivity contribution in [3.05, 3.63) is 93.4 Å². The van der Waals surface area contributed by atoms with Crippen molar-refractivity contribution in [1.29, 1.82) is 0 Å². The summed E-state index contributed by atoms with van der Waals surface area (Å²) in [5.74, 6) is 1.07. The number of methoxy groups -OCH3 is 1. The number of esters is 1. The number of benzene rings is 2. The second kappa shape index (κ2) is 11.7. The summed E-state index contributed by atoms with van der Waals surface area (Å²) >= 11 is 6.11. The van der Waals surface area contributed by atoms with E-state index >= 15 is 0 Å². The summed E-state index contributed by atoms with van der Waals surface area (Å²) < 4.78 is 16.7. The van der Waals surface area contributed by atoms with Crippen LogP contribution in [0.3, 0.4) is 0 Å². The van der Waals surface area contributed by atoms with E-state index in [-0.39, 0.29) is 18.0 Å². The Hall–Kier alpha value is -3.13. The fourth-order valence-electron chi connectivity index (χ4n) is 4.37. The number of ether oxygens (including phenoxy) is 2. The highest BCUT2D eigenvalue weighted by atomic mass is 35.5. The number of piperazine rings is 1. The summed E-state index contributed by atoms with van der Waals surface area (Å²) in [5.41, 5.74) is 3.14. The molecule has 0 radical (unpaired) electrons. The molecule has 190 valence electrons. The number of hydrogen-bond acceptors (Lipinski definition) is 6. The minimum absolute atomic E-state index is 0.0184. The fraction of sp³-hybridized carbons (Fsp3) is 0.357. The Morgan fingerprint density at radius 1 is 1.00 bits per heavy atom. The Morgan fingerprint density at radius 2 is 1.67 bits per heavy atom. The smallest absolute Gasteiger partial charge is 0.337 e. The van der Waals surface area contributed by atoms with Crippen molar-refractivity contribution in [2.75, 3.05) is 39.8 Å². The molecule has 2 aromatic carbocycles. The van der Waals surface area contributed by atoms with Crippen LogP contribution < -0.4 is 0 Å². The summed E-state index contributed by atoms with van der Waals surface area (Å²) in [6, 6.07) is 16.7. The van der Waals surface area contributed by atoms with Gasteiger partial charge in [-0.15, -0.1) is 0 Å². The van der Waals surface area contributed by atoms with Gasteiger partial charge in [0.2, 0.25) is 0 Å². The van der Waals surface area contributed by atoms with E-state index < -0.39 is 0 Å². The van der Waals surface area contributed by atoms with Crippen molar-refractivity contribution in [1.82, 2.24) is 9.80 Å². The quantitative estimate of drug-likeness (QED) is 0.395. The third-order valence-corrected chi connectivity index (χ3v) is 6.67. The summed E-state index contributed by atoms with van der Waals surface area (Å²) in [7, 11) is 1.37. The van der Waals surface area contributed by atoms with Gasteiger partial charge in [-0.3, -0.25) is 9.69 Å². The lowest BCUT2D eigenvalue weighted by molar-refractivity contribution is 0.00339. The minimum Gasteiger partial charge on any atom is -0.466 e. The molecule has 1 saturated heterocycles. The Balaban J connectivity index is 1.38. The summed E-state index contributed by atoms with van der Waals surface area (Å²) in [6.07, 6.45) is -0.177. The molecule has 7 nitrogen and oxygen atoms in total. The number of hydrogen-bond donors (Lipinski definition) is 0. The van der Waals surface area contributed by atoms with E-state index in [0.717, 1.165) is 30.0 Å². The predicted octanol–water partition coefficient (Wildman–Crippen LogP) is 5.05. The first kappa shape index (κ1) is 25.9. The zero-order valence-corrected chi connectivity index (χ0v) is 21.6. The molecule has 1 unspecified atom stereocenters. The van der Waals surface area contributed by atoms with Crippen LogP contribution in [0.15, 0.2) is 59.0 Å². The van der Waals surface area contributed by atoms with Crippen LogP contribution in [-0.2, 0) is 16.1 Å². The molecular formula is C28H31ClN2O5. The van der Waals surface area contributed by atoms with Gasteiger partial charge >= 0.3 is 5.97 Å². The van der Waals surface area contributed by atoms with Crippen molar-refractivity contribution in [3.63, 3.8) is 0 Å². The Bertz CT molecular complexity index is 1180. The third-order valence-electron chi connectivity index (χ3n) is 6.42. The van der Waals surface area contributed by atoms with Gasteiger partial charge in [0.05, 0.1) is 30.9 Å². The highest BCUT2D eigenvalue weighted by Gasteiger charge is 2.26. The molecule has 0 bridgehead atoms. The molecule has 1 fully saturated rings. The van der Waals surface area contributed by atoms with Gasteiger partial charge in [0.15, 0.2) is 0 Å². The third kappa shape index (κ3) is 6.35. The maximum atomic E-state index is 12.9. The van der Waals surface area contributed by atoms with Crippen LogP contribution in [0.1, 0.15) is 49.5 Å². The maximum Gasteiger partial charge on any atom is 0.337 e. The number of amides is 1. The van der Waals surface area contributed by atoms with Gasteiger partial charge in [-0.2, -0.15) is 0 Å². The fourth-order valence-corrected chi connectivity index (χ4v) is 4.49. The highest BCUT2D eigenvalue weighted by molar-refractivity contribution is 6.30. The summed E-state index contributed by atoms with van der Waals surface area (Å²) in [4.78, 5) is 28.8. The first-order valence-corrected chi connectivity index (χ1v) is 12.3. The highest BCUT2D eigenvalue weighted by Crippen LogP contribution is 2.24. The lowest BCUT2D eigenvalue weighted by Crippen LogP contribution is -2.49. The van der Waals surface area contributed by atoms with Crippen LogP contribution in [0.25, 0.3) is 0 Å². The average Bonchev–Trinajstić information content (AvgIpc) is 3.24. The SMILES string of the molecule is COC(=O)c1ccc(COC(CN2CCN(C(=O)c3cc(C)oc3C)CC2)c2ccc(Cl)cc2)cc1. The molecule has 0 N–H and O–H groups in total. The van der Waals surface area contributed by atoms with Crippen LogP contribution in [0.4, 0.5) is 0 Å². The van der Waals surface area contributed by atoms with Crippen molar-refractivity contribution in [2.24, 2.45) is 0 Å². The molecule has 0 spiro atoms. The van der Waals surface area contributed by atoms with Crippen LogP contribution in [0, 0.1) is 13.8 Å². The van der Waals surface area contributed by atoms with Gasteiger partial charge in [0.1, 0.15) is 11.5 Å². The molecule has 1 aliphatic rings. The number of aryl methyl sites for hydroxylation is 2. The first-order chi connectivity index (χ1) is 17.3. The minimum atomic E-state index is -0.364. The molecule has 0 aliphatic carbocycles. The molecule has 1 aromatic heterocycles. The molecule has 1 atom stereocenters. The molecule has 1 aliphatic heterocycles. The van der Waals surface area contributed by atoms with Crippen LogP contribution >= 0.6 is 11.6 Å². The zero-order chi connectivity index (χ0) is 25.7. The van der Waals surface area contributed by atoms with Crippen molar-refractivity contribution >= 4 is 23.5 Å². The largest absolute Gasteiger partial charge is 0.466 e. The molecule has 36 heavy (non-hydrogen) atoms. The van der Waals surface area contributed by atoms with Gasteiger partial charge in [0.25, 0.3) is 5.91 Å². The number of carbonyl (C=O) groups is 2. The molecule has 4 rings (SSSR count). The van der Waals surface area contributed by atoms with Crippen molar-refractivity contribution in [2.45, 2.75) is 26.6 Å². The zero-order valence-electron chi connectivity index (χ0n) is 20.8. The van der Waals surface area contributed by atoms with E-state index in [4.69, 9.17) is 25.5 Å². The monoisotopic (exact) mass is 510 g/mol. The normalized spacial score (nSPS) is 15.1. The van der Waals surface area contributed by atoms with E-state index in [0.29, 0.717) is 48.2 Å². The number of nitrogens with zero attached hydrogens (tertiary/aromatic N) is 2. The number of carbonyl (C=O) groups excluding carboxylic acids is 2. The Kier molecular flexibility index (Phi) is 8.46. The molecule has 3 aromatic rings. The lowest BCUT2D eigenvalue weighted by Gasteiger charge is -2.36. The second-order valence-corrected chi connectivity index (χ2v) is 9.40. The Morgan fingerprint density at radius 3 is 2.25 bits per heavy atom. The van der Waals surface area contributed by atoms with Gasteiger partial charge in [-0.1, -0.05) is 35.9 Å². The molecule has 2 heterocycles. The Labute approximate surface area is 216 Å². The molecule has 1 amide bonds. The van der Waals surface area contributed by atoms with Crippen LogP contribution in [-0.4, -0.2) is 61.5 Å². The summed E-state index contributed by atoms with van der Waals surface area (Å²) in [5, 5.41) is 0.674. The van der Waals surface area contributed by atoms with Gasteiger partial charge in [-0.05, 0) is 55.3 Å².